The van der Waals surface area contributed by atoms with Crippen molar-refractivity contribution in [2.75, 3.05) is 21.3 Å². The Bertz CT molecular complexity index is 1390. The topological polar surface area (TPSA) is 36.9 Å². The van der Waals surface area contributed by atoms with E-state index < -0.39 is 8.32 Å². The van der Waals surface area contributed by atoms with Crippen LogP contribution in [0.15, 0.2) is 91.0 Å². The first kappa shape index (κ1) is 28.8. The Morgan fingerprint density at radius 3 is 1.67 bits per heavy atom. The van der Waals surface area contributed by atoms with Crippen LogP contribution in [0.2, 0.25) is 5.04 Å². The lowest BCUT2D eigenvalue weighted by molar-refractivity contribution is 0.353. The lowest BCUT2D eigenvalue weighted by Gasteiger charge is -2.43. The van der Waals surface area contributed by atoms with Crippen LogP contribution in [0.4, 0.5) is 0 Å². The normalized spacial score (nSPS) is 11.9. The molecule has 0 aromatic heterocycles. The van der Waals surface area contributed by atoms with Crippen molar-refractivity contribution in [1.82, 2.24) is 0 Å². The third-order valence-corrected chi connectivity index (χ3v) is 12.5. The molecule has 0 bridgehead atoms. The van der Waals surface area contributed by atoms with E-state index in [4.69, 9.17) is 18.6 Å². The molecule has 4 nitrogen and oxygen atoms in total. The quantitative estimate of drug-likeness (QED) is 0.107. The number of ether oxygens (including phenoxy) is 3. The van der Waals surface area contributed by atoms with Crippen LogP contribution >= 0.6 is 22.6 Å². The van der Waals surface area contributed by atoms with Gasteiger partial charge in [0.2, 0.25) is 0 Å². The zero-order valence-corrected chi connectivity index (χ0v) is 26.5. The molecule has 39 heavy (non-hydrogen) atoms. The summed E-state index contributed by atoms with van der Waals surface area (Å²) in [4.78, 5) is 0. The molecule has 4 rings (SSSR count). The number of benzene rings is 4. The summed E-state index contributed by atoms with van der Waals surface area (Å²) in [5.41, 5.74) is 2.02. The van der Waals surface area contributed by atoms with Crippen LogP contribution in [0.5, 0.6) is 23.0 Å². The Morgan fingerprint density at radius 1 is 0.615 bits per heavy atom. The van der Waals surface area contributed by atoms with Crippen LogP contribution in [-0.4, -0.2) is 29.6 Å². The van der Waals surface area contributed by atoms with Gasteiger partial charge in [0.05, 0.1) is 24.9 Å². The van der Waals surface area contributed by atoms with E-state index in [-0.39, 0.29) is 5.04 Å². The highest BCUT2D eigenvalue weighted by atomic mass is 127. The average Bonchev–Trinajstić information content (AvgIpc) is 2.94. The van der Waals surface area contributed by atoms with Crippen molar-refractivity contribution in [3.8, 4) is 23.0 Å². The molecule has 0 aliphatic heterocycles. The van der Waals surface area contributed by atoms with Gasteiger partial charge in [-0.25, -0.2) is 0 Å². The Hall–Kier alpha value is -3.23. The molecule has 0 atom stereocenters. The van der Waals surface area contributed by atoms with Crippen molar-refractivity contribution in [2.24, 2.45) is 0 Å². The van der Waals surface area contributed by atoms with Crippen LogP contribution in [0, 0.1) is 3.57 Å². The van der Waals surface area contributed by atoms with E-state index >= 15 is 0 Å². The third kappa shape index (κ3) is 6.02. The molecule has 0 saturated carbocycles. The lowest BCUT2D eigenvalue weighted by atomic mass is 10.1. The molecule has 202 valence electrons. The van der Waals surface area contributed by atoms with Crippen molar-refractivity contribution in [2.45, 2.75) is 25.8 Å². The van der Waals surface area contributed by atoms with E-state index in [1.807, 2.05) is 18.2 Å². The Labute approximate surface area is 246 Å². The van der Waals surface area contributed by atoms with Gasteiger partial charge >= 0.3 is 8.32 Å². The van der Waals surface area contributed by atoms with Gasteiger partial charge in [-0.05, 0) is 73.4 Å². The molecule has 0 N–H and O–H groups in total. The van der Waals surface area contributed by atoms with Crippen LogP contribution in [-0.2, 0) is 0 Å². The molecule has 0 fully saturated rings. The van der Waals surface area contributed by atoms with E-state index in [0.717, 1.165) is 26.2 Å². The fraction of sp³-hybridized carbons (Fsp3) is 0.212. The van der Waals surface area contributed by atoms with Crippen molar-refractivity contribution >= 4 is 53.4 Å². The highest BCUT2D eigenvalue weighted by molar-refractivity contribution is 14.1. The summed E-state index contributed by atoms with van der Waals surface area (Å²) in [7, 11) is 2.18. The van der Waals surface area contributed by atoms with E-state index in [2.05, 4.69) is 128 Å². The average molecular weight is 651 g/mol. The minimum atomic E-state index is -2.81. The second-order valence-electron chi connectivity index (χ2n) is 10.2. The second-order valence-corrected chi connectivity index (χ2v) is 15.6. The van der Waals surface area contributed by atoms with Crippen molar-refractivity contribution in [3.05, 3.63) is 106 Å². The number of hydrogen-bond acceptors (Lipinski definition) is 4. The summed E-state index contributed by atoms with van der Waals surface area (Å²) in [6, 6.07) is 31.4. The van der Waals surface area contributed by atoms with Gasteiger partial charge in [0.1, 0.15) is 5.75 Å². The molecule has 0 aliphatic carbocycles. The number of halogens is 1. The van der Waals surface area contributed by atoms with Gasteiger partial charge in [0.15, 0.2) is 17.2 Å². The number of hydrogen-bond donors (Lipinski definition) is 0. The molecular weight excluding hydrogens is 615 g/mol. The molecule has 0 spiro atoms. The SMILES string of the molecule is COc1ccc(/C=C/c2cc(I)c(OC)c(OC)c2)cc1O[Si](c1ccccc1)(c1ccccc1)C(C)(C)C. The lowest BCUT2D eigenvalue weighted by Crippen LogP contribution is -2.68. The summed E-state index contributed by atoms with van der Waals surface area (Å²) in [5.74, 6) is 2.88. The predicted molar refractivity (Wildman–Crippen MR) is 172 cm³/mol. The molecule has 0 saturated heterocycles. The fourth-order valence-electron chi connectivity index (χ4n) is 4.92. The Kier molecular flexibility index (Phi) is 9.07. The maximum Gasteiger partial charge on any atom is 0.320 e. The van der Waals surface area contributed by atoms with Gasteiger partial charge < -0.3 is 18.6 Å². The van der Waals surface area contributed by atoms with Gasteiger partial charge in [0, 0.05) is 0 Å². The molecule has 0 amide bonds. The second kappa shape index (κ2) is 12.3. The monoisotopic (exact) mass is 650 g/mol. The molecule has 0 aliphatic rings. The standard InChI is InChI=1S/C33H35IO4Si/c1-33(2,3)39(26-13-9-7-10-14-26,27-15-11-8-12-16-27)38-30-22-24(19-20-29(30)35-4)17-18-25-21-28(34)32(37-6)31(23-25)36-5/h7-23H,1-6H3/b18-17+. The Balaban J connectivity index is 1.81. The molecule has 4 aromatic carbocycles. The van der Waals surface area contributed by atoms with Crippen molar-refractivity contribution in [3.63, 3.8) is 0 Å². The third-order valence-electron chi connectivity index (χ3n) is 6.79. The maximum absolute atomic E-state index is 7.28. The molecule has 0 heterocycles. The fourth-order valence-corrected chi connectivity index (χ4v) is 10.2. The number of methoxy groups -OCH3 is 3. The largest absolute Gasteiger partial charge is 0.531 e. The summed E-state index contributed by atoms with van der Waals surface area (Å²) in [6.07, 6.45) is 4.15. The van der Waals surface area contributed by atoms with Crippen LogP contribution in [0.25, 0.3) is 12.2 Å². The minimum Gasteiger partial charge on any atom is -0.531 e. The van der Waals surface area contributed by atoms with Crippen LogP contribution in [0.3, 0.4) is 0 Å². The van der Waals surface area contributed by atoms with E-state index in [9.17, 15) is 0 Å². The summed E-state index contributed by atoms with van der Waals surface area (Å²) >= 11 is 2.27. The zero-order valence-electron chi connectivity index (χ0n) is 23.3. The smallest absolute Gasteiger partial charge is 0.320 e. The van der Waals surface area contributed by atoms with Gasteiger partial charge in [-0.1, -0.05) is 99.7 Å². The highest BCUT2D eigenvalue weighted by Crippen LogP contribution is 2.41. The first-order valence-electron chi connectivity index (χ1n) is 12.8. The predicted octanol–water partition coefficient (Wildman–Crippen LogP) is 7.43. The van der Waals surface area contributed by atoms with E-state index in [1.54, 1.807) is 21.3 Å². The molecule has 4 aromatic rings. The van der Waals surface area contributed by atoms with Crippen LogP contribution < -0.4 is 29.0 Å². The van der Waals surface area contributed by atoms with Crippen molar-refractivity contribution in [1.29, 1.82) is 0 Å². The van der Waals surface area contributed by atoms with Gasteiger partial charge in [-0.15, -0.1) is 0 Å². The minimum absolute atomic E-state index is 0.164. The summed E-state index contributed by atoms with van der Waals surface area (Å²) in [6.45, 7) is 6.82. The van der Waals surface area contributed by atoms with Gasteiger partial charge in [0.25, 0.3) is 0 Å². The first-order chi connectivity index (χ1) is 18.7. The summed E-state index contributed by atoms with van der Waals surface area (Å²) in [5, 5.41) is 2.27. The summed E-state index contributed by atoms with van der Waals surface area (Å²) < 4.78 is 25.1. The Morgan fingerprint density at radius 2 is 1.15 bits per heavy atom. The van der Waals surface area contributed by atoms with Crippen molar-refractivity contribution < 1.29 is 18.6 Å². The highest BCUT2D eigenvalue weighted by Gasteiger charge is 2.52. The number of rotatable bonds is 9. The van der Waals surface area contributed by atoms with Gasteiger partial charge in [-0.3, -0.25) is 0 Å². The van der Waals surface area contributed by atoms with E-state index in [1.165, 1.54) is 10.4 Å². The molecule has 6 heteroatoms. The maximum atomic E-state index is 7.28. The first-order valence-corrected chi connectivity index (χ1v) is 15.8. The van der Waals surface area contributed by atoms with Crippen LogP contribution in [0.1, 0.15) is 31.9 Å². The zero-order chi connectivity index (χ0) is 28.0. The molecule has 0 radical (unpaired) electrons. The molecule has 0 unspecified atom stereocenters. The van der Waals surface area contributed by atoms with Gasteiger partial charge in [-0.2, -0.15) is 0 Å². The van der Waals surface area contributed by atoms with E-state index in [0.29, 0.717) is 11.5 Å². The molecular formula is C33H35IO4Si.